The normalized spacial score (nSPS) is 28.1. The lowest BCUT2D eigenvalue weighted by Gasteiger charge is -2.16. The van der Waals surface area contributed by atoms with Crippen molar-refractivity contribution in [3.05, 3.63) is 30.1 Å². The fourth-order valence-electron chi connectivity index (χ4n) is 3.13. The third-order valence-electron chi connectivity index (χ3n) is 4.51. The molecule has 1 fully saturated rings. The largest absolute Gasteiger partial charge is 0.393 e. The van der Waals surface area contributed by atoms with Gasteiger partial charge in [-0.2, -0.15) is 0 Å². The Hall–Kier alpha value is -1.35. The van der Waals surface area contributed by atoms with Gasteiger partial charge in [0, 0.05) is 13.5 Å². The molecule has 0 spiro atoms. The summed E-state index contributed by atoms with van der Waals surface area (Å²) >= 11 is 0. The smallest absolute Gasteiger partial charge is 0.109 e. The molecule has 1 aromatic heterocycles. The van der Waals surface area contributed by atoms with Gasteiger partial charge >= 0.3 is 0 Å². The first-order valence-corrected chi connectivity index (χ1v) is 6.75. The Kier molecular flexibility index (Phi) is 2.86. The number of benzene rings is 1. The number of aryl methyl sites for hydroxylation is 1. The molecule has 0 bridgehead atoms. The second-order valence-corrected chi connectivity index (χ2v) is 5.54. The van der Waals surface area contributed by atoms with Crippen LogP contribution >= 0.6 is 0 Å². The number of aliphatic hydroxyl groups excluding tert-OH is 1. The van der Waals surface area contributed by atoms with E-state index >= 15 is 0 Å². The molecule has 1 N–H and O–H groups in total. The number of para-hydroxylation sites is 2. The quantitative estimate of drug-likeness (QED) is 0.881. The van der Waals surface area contributed by atoms with Crippen LogP contribution in [0.25, 0.3) is 11.0 Å². The minimum absolute atomic E-state index is 0.121. The zero-order valence-corrected chi connectivity index (χ0v) is 11.0. The van der Waals surface area contributed by atoms with Crippen molar-refractivity contribution in [1.82, 2.24) is 9.55 Å². The molecule has 0 radical (unpaired) electrons. The maximum absolute atomic E-state index is 9.83. The molecule has 0 saturated heterocycles. The Morgan fingerprint density at radius 3 is 2.78 bits per heavy atom. The van der Waals surface area contributed by atoms with Crippen LogP contribution in [0, 0.1) is 11.8 Å². The number of fused-ring (bicyclic) bond motifs is 1. The van der Waals surface area contributed by atoms with Gasteiger partial charge in [0.15, 0.2) is 0 Å². The van der Waals surface area contributed by atoms with Crippen LogP contribution in [-0.4, -0.2) is 20.8 Å². The van der Waals surface area contributed by atoms with Crippen molar-refractivity contribution < 1.29 is 5.11 Å². The second-order valence-electron chi connectivity index (χ2n) is 5.54. The van der Waals surface area contributed by atoms with E-state index < -0.39 is 0 Å². The Bertz CT molecular complexity index is 561. The van der Waals surface area contributed by atoms with Gasteiger partial charge < -0.3 is 9.67 Å². The average molecular weight is 244 g/mol. The van der Waals surface area contributed by atoms with Gasteiger partial charge in [0.2, 0.25) is 0 Å². The van der Waals surface area contributed by atoms with E-state index in [-0.39, 0.29) is 6.10 Å². The summed E-state index contributed by atoms with van der Waals surface area (Å²) in [4.78, 5) is 4.72. The van der Waals surface area contributed by atoms with Gasteiger partial charge in [-0.05, 0) is 36.8 Å². The Morgan fingerprint density at radius 2 is 2.11 bits per heavy atom. The van der Waals surface area contributed by atoms with E-state index in [0.29, 0.717) is 11.8 Å². The molecule has 1 saturated carbocycles. The highest BCUT2D eigenvalue weighted by atomic mass is 16.3. The second kappa shape index (κ2) is 4.39. The van der Waals surface area contributed by atoms with Crippen molar-refractivity contribution >= 4 is 11.0 Å². The monoisotopic (exact) mass is 244 g/mol. The zero-order chi connectivity index (χ0) is 12.7. The summed E-state index contributed by atoms with van der Waals surface area (Å²) in [5, 5.41) is 9.83. The van der Waals surface area contributed by atoms with Crippen molar-refractivity contribution in [3.63, 3.8) is 0 Å². The number of aliphatic hydroxyl groups is 1. The third kappa shape index (κ3) is 1.83. The molecule has 1 aromatic carbocycles. The van der Waals surface area contributed by atoms with Crippen LogP contribution in [0.3, 0.4) is 0 Å². The minimum atomic E-state index is -0.121. The molecule has 1 aliphatic carbocycles. The maximum Gasteiger partial charge on any atom is 0.109 e. The van der Waals surface area contributed by atoms with Gasteiger partial charge in [0.05, 0.1) is 17.1 Å². The molecule has 3 unspecified atom stereocenters. The van der Waals surface area contributed by atoms with Gasteiger partial charge in [0.1, 0.15) is 5.82 Å². The molecule has 3 heteroatoms. The van der Waals surface area contributed by atoms with E-state index in [1.54, 1.807) is 0 Å². The lowest BCUT2D eigenvalue weighted by Crippen LogP contribution is -2.18. The highest BCUT2D eigenvalue weighted by Gasteiger charge is 2.32. The number of rotatable bonds is 2. The third-order valence-corrected chi connectivity index (χ3v) is 4.51. The van der Waals surface area contributed by atoms with Gasteiger partial charge in [0.25, 0.3) is 0 Å². The summed E-state index contributed by atoms with van der Waals surface area (Å²) < 4.78 is 2.19. The van der Waals surface area contributed by atoms with Crippen molar-refractivity contribution in [2.75, 3.05) is 0 Å². The number of hydrogen-bond donors (Lipinski definition) is 1. The SMILES string of the molecule is CC1C(O)CCC1Cc1nc2ccccc2n1C. The fraction of sp³-hybridized carbons (Fsp3) is 0.533. The molecular formula is C15H20N2O. The Balaban J connectivity index is 1.89. The van der Waals surface area contributed by atoms with Crippen molar-refractivity contribution in [1.29, 1.82) is 0 Å². The summed E-state index contributed by atoms with van der Waals surface area (Å²) in [5.41, 5.74) is 2.26. The van der Waals surface area contributed by atoms with E-state index in [2.05, 4.69) is 36.7 Å². The van der Waals surface area contributed by atoms with E-state index in [4.69, 9.17) is 4.98 Å². The number of imidazole rings is 1. The number of nitrogens with zero attached hydrogens (tertiary/aromatic N) is 2. The first-order valence-electron chi connectivity index (χ1n) is 6.75. The predicted molar refractivity (Wildman–Crippen MR) is 72.3 cm³/mol. The topological polar surface area (TPSA) is 38.1 Å². The molecule has 2 aromatic rings. The zero-order valence-electron chi connectivity index (χ0n) is 11.0. The van der Waals surface area contributed by atoms with Crippen LogP contribution in [0.5, 0.6) is 0 Å². The standard InChI is InChI=1S/C15H20N2O/c1-10-11(7-8-14(10)18)9-15-16-12-5-3-4-6-13(12)17(15)2/h3-6,10-11,14,18H,7-9H2,1-2H3. The molecule has 1 heterocycles. The summed E-state index contributed by atoms with van der Waals surface area (Å²) in [6.07, 6.45) is 2.91. The van der Waals surface area contributed by atoms with E-state index in [9.17, 15) is 5.11 Å². The van der Waals surface area contributed by atoms with E-state index in [0.717, 1.165) is 30.6 Å². The van der Waals surface area contributed by atoms with E-state index in [1.165, 1.54) is 5.52 Å². The van der Waals surface area contributed by atoms with Crippen molar-refractivity contribution in [3.8, 4) is 0 Å². The lowest BCUT2D eigenvalue weighted by molar-refractivity contribution is 0.127. The van der Waals surface area contributed by atoms with Crippen LogP contribution in [0.15, 0.2) is 24.3 Å². The van der Waals surface area contributed by atoms with Crippen LogP contribution < -0.4 is 0 Å². The minimum Gasteiger partial charge on any atom is -0.393 e. The van der Waals surface area contributed by atoms with Crippen LogP contribution in [0.4, 0.5) is 0 Å². The molecule has 96 valence electrons. The van der Waals surface area contributed by atoms with Crippen molar-refractivity contribution in [2.24, 2.45) is 18.9 Å². The van der Waals surface area contributed by atoms with Gasteiger partial charge in [-0.15, -0.1) is 0 Å². The predicted octanol–water partition coefficient (Wildman–Crippen LogP) is 2.52. The lowest BCUT2D eigenvalue weighted by atomic mass is 9.93. The number of aromatic nitrogens is 2. The summed E-state index contributed by atoms with van der Waals surface area (Å²) in [6, 6.07) is 8.25. The summed E-state index contributed by atoms with van der Waals surface area (Å²) in [5.74, 6) is 2.10. The van der Waals surface area contributed by atoms with Crippen LogP contribution in [0.2, 0.25) is 0 Å². The fourth-order valence-corrected chi connectivity index (χ4v) is 3.13. The Morgan fingerprint density at radius 1 is 1.33 bits per heavy atom. The highest BCUT2D eigenvalue weighted by Crippen LogP contribution is 2.34. The molecule has 3 atom stereocenters. The number of hydrogen-bond acceptors (Lipinski definition) is 2. The first-order chi connectivity index (χ1) is 8.66. The average Bonchev–Trinajstić information content (AvgIpc) is 2.86. The molecule has 0 aliphatic heterocycles. The van der Waals surface area contributed by atoms with Crippen molar-refractivity contribution in [2.45, 2.75) is 32.3 Å². The molecule has 18 heavy (non-hydrogen) atoms. The maximum atomic E-state index is 9.83. The summed E-state index contributed by atoms with van der Waals surface area (Å²) in [7, 11) is 2.08. The highest BCUT2D eigenvalue weighted by molar-refractivity contribution is 5.75. The molecule has 1 aliphatic rings. The Labute approximate surface area is 107 Å². The summed E-state index contributed by atoms with van der Waals surface area (Å²) in [6.45, 7) is 2.16. The molecular weight excluding hydrogens is 224 g/mol. The molecule has 0 amide bonds. The first kappa shape index (κ1) is 11.7. The van der Waals surface area contributed by atoms with Gasteiger partial charge in [-0.3, -0.25) is 0 Å². The van der Waals surface area contributed by atoms with Crippen LogP contribution in [-0.2, 0) is 13.5 Å². The van der Waals surface area contributed by atoms with Crippen LogP contribution in [0.1, 0.15) is 25.6 Å². The van der Waals surface area contributed by atoms with Gasteiger partial charge in [-0.25, -0.2) is 4.98 Å². The van der Waals surface area contributed by atoms with Gasteiger partial charge in [-0.1, -0.05) is 19.1 Å². The molecule has 3 rings (SSSR count). The van der Waals surface area contributed by atoms with E-state index in [1.807, 2.05) is 6.07 Å². The molecule has 3 nitrogen and oxygen atoms in total.